The highest BCUT2D eigenvalue weighted by atomic mass is 16.5. The van der Waals surface area contributed by atoms with Crippen molar-refractivity contribution in [2.75, 3.05) is 0 Å². The molecule has 0 fully saturated rings. The molecule has 4 heteroatoms. The molecule has 4 nitrogen and oxygen atoms in total. The van der Waals surface area contributed by atoms with E-state index in [4.69, 9.17) is 10.2 Å². The van der Waals surface area contributed by atoms with Crippen LogP contribution in [0, 0.1) is 0 Å². The number of carbonyl (C=O) groups is 1. The molecule has 0 aromatic heterocycles. The van der Waals surface area contributed by atoms with E-state index in [1.54, 1.807) is 6.92 Å². The molecule has 56 valence electrons. The van der Waals surface area contributed by atoms with Crippen LogP contribution in [0.25, 0.3) is 0 Å². The third kappa shape index (κ3) is 0.974. The van der Waals surface area contributed by atoms with Crippen LogP contribution < -0.4 is 0 Å². The van der Waals surface area contributed by atoms with E-state index in [0.717, 1.165) is 6.26 Å². The third-order valence-electron chi connectivity index (χ3n) is 1.36. The van der Waals surface area contributed by atoms with Crippen molar-refractivity contribution < 1.29 is 19.7 Å². The standard InChI is InChI=1S/C6H8O4/c1-3-5(8)6(9)4(7)2-10-3/h2-3,5,7-8H,1H3. The monoisotopic (exact) mass is 144 g/mol. The zero-order chi connectivity index (χ0) is 7.72. The fourth-order valence-electron chi connectivity index (χ4n) is 0.669. The number of aliphatic hydroxyl groups excluding tert-OH is 2. The van der Waals surface area contributed by atoms with Gasteiger partial charge in [0, 0.05) is 0 Å². The zero-order valence-electron chi connectivity index (χ0n) is 5.44. The first-order valence-electron chi connectivity index (χ1n) is 2.90. The van der Waals surface area contributed by atoms with Gasteiger partial charge in [-0.1, -0.05) is 0 Å². The molecule has 0 spiro atoms. The Kier molecular flexibility index (Phi) is 1.63. The molecule has 1 aliphatic rings. The molecule has 0 aliphatic carbocycles. The lowest BCUT2D eigenvalue weighted by Gasteiger charge is -2.20. The molecular weight excluding hydrogens is 136 g/mol. The second-order valence-corrected chi connectivity index (χ2v) is 2.15. The van der Waals surface area contributed by atoms with Crippen molar-refractivity contribution in [2.24, 2.45) is 0 Å². The number of aliphatic hydroxyl groups is 2. The molecule has 10 heavy (non-hydrogen) atoms. The lowest BCUT2D eigenvalue weighted by molar-refractivity contribution is -0.134. The molecule has 0 amide bonds. The summed E-state index contributed by atoms with van der Waals surface area (Å²) < 4.78 is 4.69. The molecule has 1 heterocycles. The van der Waals surface area contributed by atoms with Gasteiger partial charge in [-0.25, -0.2) is 0 Å². The fraction of sp³-hybridized carbons (Fsp3) is 0.500. The fourth-order valence-corrected chi connectivity index (χ4v) is 0.669. The van der Waals surface area contributed by atoms with Crippen LogP contribution in [0.15, 0.2) is 12.0 Å². The highest BCUT2D eigenvalue weighted by Crippen LogP contribution is 2.11. The molecular formula is C6H8O4. The molecule has 0 saturated carbocycles. The maximum atomic E-state index is 10.7. The van der Waals surface area contributed by atoms with Gasteiger partial charge in [0.15, 0.2) is 11.9 Å². The van der Waals surface area contributed by atoms with Crippen molar-refractivity contribution in [3.63, 3.8) is 0 Å². The van der Waals surface area contributed by atoms with Crippen LogP contribution in [0.5, 0.6) is 0 Å². The van der Waals surface area contributed by atoms with Crippen LogP contribution in [0.2, 0.25) is 0 Å². The number of Topliss-reactive ketones (excluding diaryl/α,β-unsaturated/α-hetero) is 1. The van der Waals surface area contributed by atoms with E-state index >= 15 is 0 Å². The number of carbonyl (C=O) groups excluding carboxylic acids is 1. The van der Waals surface area contributed by atoms with Gasteiger partial charge in [-0.05, 0) is 6.92 Å². The van der Waals surface area contributed by atoms with Gasteiger partial charge in [-0.2, -0.15) is 0 Å². The SMILES string of the molecule is CC1OC=C(O)C(=O)C1O. The predicted molar refractivity (Wildman–Crippen MR) is 32.3 cm³/mol. The first-order valence-corrected chi connectivity index (χ1v) is 2.90. The highest BCUT2D eigenvalue weighted by Gasteiger charge is 2.30. The number of rotatable bonds is 0. The van der Waals surface area contributed by atoms with E-state index in [-0.39, 0.29) is 0 Å². The van der Waals surface area contributed by atoms with Gasteiger partial charge in [0.05, 0.1) is 0 Å². The summed E-state index contributed by atoms with van der Waals surface area (Å²) in [5, 5.41) is 17.6. The van der Waals surface area contributed by atoms with E-state index < -0.39 is 23.8 Å². The molecule has 1 rings (SSSR count). The van der Waals surface area contributed by atoms with Crippen molar-refractivity contribution in [1.29, 1.82) is 0 Å². The second kappa shape index (κ2) is 2.30. The van der Waals surface area contributed by atoms with Gasteiger partial charge >= 0.3 is 0 Å². The lowest BCUT2D eigenvalue weighted by atomic mass is 10.1. The molecule has 2 unspecified atom stereocenters. The quantitative estimate of drug-likeness (QED) is 0.491. The van der Waals surface area contributed by atoms with E-state index in [1.807, 2.05) is 0 Å². The zero-order valence-corrected chi connectivity index (χ0v) is 5.44. The maximum absolute atomic E-state index is 10.7. The van der Waals surface area contributed by atoms with Gasteiger partial charge in [-0.3, -0.25) is 4.79 Å². The Morgan fingerprint density at radius 2 is 2.30 bits per heavy atom. The van der Waals surface area contributed by atoms with Crippen molar-refractivity contribution in [1.82, 2.24) is 0 Å². The average molecular weight is 144 g/mol. The molecule has 0 bridgehead atoms. The molecule has 2 atom stereocenters. The van der Waals surface area contributed by atoms with E-state index in [0.29, 0.717) is 0 Å². The number of hydrogen-bond acceptors (Lipinski definition) is 4. The molecule has 0 radical (unpaired) electrons. The summed E-state index contributed by atoms with van der Waals surface area (Å²) >= 11 is 0. The van der Waals surface area contributed by atoms with E-state index in [1.165, 1.54) is 0 Å². The molecule has 2 N–H and O–H groups in total. The van der Waals surface area contributed by atoms with Crippen LogP contribution >= 0.6 is 0 Å². The van der Waals surface area contributed by atoms with Crippen molar-refractivity contribution >= 4 is 5.78 Å². The lowest BCUT2D eigenvalue weighted by Crippen LogP contribution is -2.37. The normalized spacial score (nSPS) is 33.0. The first-order chi connectivity index (χ1) is 4.63. The first kappa shape index (κ1) is 7.08. The maximum Gasteiger partial charge on any atom is 0.232 e. The van der Waals surface area contributed by atoms with Gasteiger partial charge in [-0.15, -0.1) is 0 Å². The Hall–Kier alpha value is -1.03. The summed E-state index contributed by atoms with van der Waals surface area (Å²) in [6.07, 6.45) is -0.854. The summed E-state index contributed by atoms with van der Waals surface area (Å²) in [7, 11) is 0. The Bertz CT molecular complexity index is 184. The Morgan fingerprint density at radius 3 is 2.80 bits per heavy atom. The van der Waals surface area contributed by atoms with Crippen molar-refractivity contribution in [3.8, 4) is 0 Å². The van der Waals surface area contributed by atoms with Crippen molar-refractivity contribution in [3.05, 3.63) is 12.0 Å². The minimum Gasteiger partial charge on any atom is -0.502 e. The van der Waals surface area contributed by atoms with Gasteiger partial charge < -0.3 is 14.9 Å². The van der Waals surface area contributed by atoms with Crippen LogP contribution in [-0.2, 0) is 9.53 Å². The topological polar surface area (TPSA) is 66.8 Å². The summed E-state index contributed by atoms with van der Waals surface area (Å²) in [6, 6.07) is 0. The number of hydrogen-bond donors (Lipinski definition) is 2. The Labute approximate surface area is 57.7 Å². The minimum absolute atomic E-state index is 0.523. The number of ketones is 1. The van der Waals surface area contributed by atoms with Gasteiger partial charge in [0.2, 0.25) is 5.78 Å². The molecule has 1 aliphatic heterocycles. The van der Waals surface area contributed by atoms with E-state index in [9.17, 15) is 4.79 Å². The highest BCUT2D eigenvalue weighted by molar-refractivity contribution is 5.97. The van der Waals surface area contributed by atoms with Crippen LogP contribution in [0.1, 0.15) is 6.92 Å². The molecule has 0 aromatic carbocycles. The summed E-state index contributed by atoms with van der Waals surface area (Å²) in [4.78, 5) is 10.7. The predicted octanol–water partition coefficient (Wildman–Crippen LogP) is -0.266. The third-order valence-corrected chi connectivity index (χ3v) is 1.36. The minimum atomic E-state index is -1.23. The Balaban J connectivity index is 2.81. The largest absolute Gasteiger partial charge is 0.502 e. The second-order valence-electron chi connectivity index (χ2n) is 2.15. The number of ether oxygens (including phenoxy) is 1. The van der Waals surface area contributed by atoms with Gasteiger partial charge in [0.25, 0.3) is 0 Å². The van der Waals surface area contributed by atoms with Crippen molar-refractivity contribution in [2.45, 2.75) is 19.1 Å². The smallest absolute Gasteiger partial charge is 0.232 e. The molecule has 0 aromatic rings. The van der Waals surface area contributed by atoms with Gasteiger partial charge in [0.1, 0.15) is 12.4 Å². The average Bonchev–Trinajstić information content (AvgIpc) is 1.93. The summed E-state index contributed by atoms with van der Waals surface area (Å²) in [5.74, 6) is -1.20. The van der Waals surface area contributed by atoms with E-state index in [2.05, 4.69) is 4.74 Å². The Morgan fingerprint density at radius 1 is 1.70 bits per heavy atom. The van der Waals surface area contributed by atoms with Crippen LogP contribution in [0.4, 0.5) is 0 Å². The summed E-state index contributed by atoms with van der Waals surface area (Å²) in [6.45, 7) is 1.55. The van der Waals surface area contributed by atoms with Crippen LogP contribution in [0.3, 0.4) is 0 Å². The summed E-state index contributed by atoms with van der Waals surface area (Å²) in [5.41, 5.74) is 0. The molecule has 0 saturated heterocycles. The van der Waals surface area contributed by atoms with Crippen LogP contribution in [-0.4, -0.2) is 28.2 Å².